The van der Waals surface area contributed by atoms with E-state index in [0.717, 1.165) is 0 Å². The molecule has 0 aromatic heterocycles. The first-order valence-corrected chi connectivity index (χ1v) is 4.96. The van der Waals surface area contributed by atoms with Crippen LogP contribution in [0.4, 0.5) is 13.6 Å². The predicted molar refractivity (Wildman–Crippen MR) is 53.5 cm³/mol. The molecule has 2 rings (SSSR count). The number of carboxylic acid groups (broad SMARTS) is 1. The van der Waals surface area contributed by atoms with Crippen molar-refractivity contribution in [1.29, 1.82) is 0 Å². The minimum Gasteiger partial charge on any atom is -0.465 e. The molecule has 0 spiro atoms. The first-order chi connectivity index (χ1) is 7.59. The van der Waals surface area contributed by atoms with Crippen LogP contribution in [-0.4, -0.2) is 22.6 Å². The lowest BCUT2D eigenvalue weighted by molar-refractivity contribution is 0.136. The van der Waals surface area contributed by atoms with E-state index in [9.17, 15) is 13.6 Å². The first-order valence-electron chi connectivity index (χ1n) is 4.96. The largest absolute Gasteiger partial charge is 0.465 e. The van der Waals surface area contributed by atoms with Gasteiger partial charge < -0.3 is 10.0 Å². The van der Waals surface area contributed by atoms with Gasteiger partial charge in [-0.15, -0.1) is 0 Å². The average molecular weight is 227 g/mol. The fourth-order valence-electron chi connectivity index (χ4n) is 2.01. The van der Waals surface area contributed by atoms with Gasteiger partial charge in [-0.3, -0.25) is 0 Å². The number of alkyl halides is 2. The normalized spacial score (nSPS) is 15.1. The monoisotopic (exact) mass is 227 g/mol. The van der Waals surface area contributed by atoms with Gasteiger partial charge in [-0.25, -0.2) is 13.6 Å². The van der Waals surface area contributed by atoms with Gasteiger partial charge in [-0.05, 0) is 17.5 Å². The van der Waals surface area contributed by atoms with Crippen LogP contribution in [0.2, 0.25) is 0 Å². The van der Waals surface area contributed by atoms with Crippen molar-refractivity contribution in [3.8, 4) is 0 Å². The molecule has 0 fully saturated rings. The van der Waals surface area contributed by atoms with Crippen LogP contribution >= 0.6 is 0 Å². The number of carbonyl (C=O) groups is 1. The molecule has 3 nitrogen and oxygen atoms in total. The molecule has 0 saturated carbocycles. The molecule has 0 radical (unpaired) electrons. The van der Waals surface area contributed by atoms with Crippen LogP contribution in [0.3, 0.4) is 0 Å². The third-order valence-corrected chi connectivity index (χ3v) is 2.81. The maximum Gasteiger partial charge on any atom is 0.407 e. The summed E-state index contributed by atoms with van der Waals surface area (Å²) in [6.45, 7) is 0.483. The first kappa shape index (κ1) is 10.9. The summed E-state index contributed by atoms with van der Waals surface area (Å²) in [5.74, 6) is 0. The Labute approximate surface area is 91.3 Å². The van der Waals surface area contributed by atoms with Crippen LogP contribution in [0.5, 0.6) is 0 Å². The molecule has 1 aromatic carbocycles. The number of rotatable bonds is 1. The molecule has 0 aliphatic carbocycles. The van der Waals surface area contributed by atoms with E-state index in [4.69, 9.17) is 5.11 Å². The highest BCUT2D eigenvalue weighted by Crippen LogP contribution is 2.29. The number of nitrogens with zero attached hydrogens (tertiary/aromatic N) is 1. The van der Waals surface area contributed by atoms with E-state index in [2.05, 4.69) is 0 Å². The SMILES string of the molecule is O=C(O)N1CCc2c(cccc2C(F)F)C1. The van der Waals surface area contributed by atoms with Gasteiger partial charge in [0.1, 0.15) is 0 Å². The highest BCUT2D eigenvalue weighted by Gasteiger charge is 2.24. The number of hydrogen-bond acceptors (Lipinski definition) is 1. The molecular formula is C11H11F2NO2. The number of hydrogen-bond donors (Lipinski definition) is 1. The number of halogens is 2. The van der Waals surface area contributed by atoms with E-state index in [0.29, 0.717) is 17.5 Å². The molecule has 1 aromatic rings. The van der Waals surface area contributed by atoms with Gasteiger partial charge in [0, 0.05) is 18.7 Å². The van der Waals surface area contributed by atoms with Gasteiger partial charge in [0.05, 0.1) is 0 Å². The minimum absolute atomic E-state index is 0.0301. The second kappa shape index (κ2) is 4.08. The van der Waals surface area contributed by atoms with E-state index >= 15 is 0 Å². The van der Waals surface area contributed by atoms with E-state index < -0.39 is 12.5 Å². The summed E-state index contributed by atoms with van der Waals surface area (Å²) in [5.41, 5.74) is 1.32. The summed E-state index contributed by atoms with van der Waals surface area (Å²) in [6, 6.07) is 4.65. The molecule has 0 atom stereocenters. The molecular weight excluding hydrogens is 216 g/mol. The third kappa shape index (κ3) is 1.85. The molecule has 5 heteroatoms. The van der Waals surface area contributed by atoms with Crippen molar-refractivity contribution in [1.82, 2.24) is 4.90 Å². The number of amides is 1. The van der Waals surface area contributed by atoms with Crippen molar-refractivity contribution in [3.05, 3.63) is 34.9 Å². The standard InChI is InChI=1S/C11H11F2NO2/c12-10(13)9-3-1-2-7-6-14(11(15)16)5-4-8(7)9/h1-3,10H,4-6H2,(H,15,16). The molecule has 1 amide bonds. The molecule has 16 heavy (non-hydrogen) atoms. The van der Waals surface area contributed by atoms with Crippen LogP contribution in [0.25, 0.3) is 0 Å². The van der Waals surface area contributed by atoms with Gasteiger partial charge in [0.25, 0.3) is 6.43 Å². The summed E-state index contributed by atoms with van der Waals surface area (Å²) >= 11 is 0. The van der Waals surface area contributed by atoms with Crippen LogP contribution in [0, 0.1) is 0 Å². The van der Waals surface area contributed by atoms with Gasteiger partial charge >= 0.3 is 6.09 Å². The van der Waals surface area contributed by atoms with Crippen molar-refractivity contribution in [2.24, 2.45) is 0 Å². The second-order valence-corrected chi connectivity index (χ2v) is 3.74. The third-order valence-electron chi connectivity index (χ3n) is 2.81. The highest BCUT2D eigenvalue weighted by atomic mass is 19.3. The van der Waals surface area contributed by atoms with E-state index in [-0.39, 0.29) is 18.7 Å². The summed E-state index contributed by atoms with van der Waals surface area (Å²) in [4.78, 5) is 12.0. The highest BCUT2D eigenvalue weighted by molar-refractivity contribution is 5.65. The van der Waals surface area contributed by atoms with Gasteiger partial charge in [-0.1, -0.05) is 18.2 Å². The molecule has 1 aliphatic rings. The average Bonchev–Trinajstić information content (AvgIpc) is 2.27. The lowest BCUT2D eigenvalue weighted by Crippen LogP contribution is -2.35. The summed E-state index contributed by atoms with van der Waals surface area (Å²) in [5, 5.41) is 8.82. The molecule has 0 unspecified atom stereocenters. The van der Waals surface area contributed by atoms with Crippen molar-refractivity contribution >= 4 is 6.09 Å². The zero-order chi connectivity index (χ0) is 11.7. The quantitative estimate of drug-likeness (QED) is 0.801. The Kier molecular flexibility index (Phi) is 2.77. The molecule has 1 heterocycles. The summed E-state index contributed by atoms with van der Waals surface area (Å²) < 4.78 is 25.4. The Hall–Kier alpha value is -1.65. The Morgan fingerprint density at radius 2 is 2.19 bits per heavy atom. The number of fused-ring (bicyclic) bond motifs is 1. The Bertz CT molecular complexity index is 420. The zero-order valence-corrected chi connectivity index (χ0v) is 8.49. The Morgan fingerprint density at radius 1 is 1.44 bits per heavy atom. The van der Waals surface area contributed by atoms with Gasteiger partial charge in [-0.2, -0.15) is 0 Å². The van der Waals surface area contributed by atoms with Crippen molar-refractivity contribution < 1.29 is 18.7 Å². The van der Waals surface area contributed by atoms with Gasteiger partial charge in [0.15, 0.2) is 0 Å². The smallest absolute Gasteiger partial charge is 0.407 e. The maximum absolute atomic E-state index is 12.7. The molecule has 1 N–H and O–H groups in total. The van der Waals surface area contributed by atoms with Crippen LogP contribution in [0.1, 0.15) is 23.1 Å². The predicted octanol–water partition coefficient (Wildman–Crippen LogP) is 2.66. The van der Waals surface area contributed by atoms with E-state index in [1.54, 1.807) is 12.1 Å². The maximum atomic E-state index is 12.7. The summed E-state index contributed by atoms with van der Waals surface area (Å²) in [7, 11) is 0. The van der Waals surface area contributed by atoms with Crippen molar-refractivity contribution in [2.75, 3.05) is 6.54 Å². The van der Waals surface area contributed by atoms with Crippen molar-refractivity contribution in [2.45, 2.75) is 19.4 Å². The summed E-state index contributed by atoms with van der Waals surface area (Å²) in [6.07, 6.45) is -3.14. The molecule has 0 bridgehead atoms. The Morgan fingerprint density at radius 3 is 2.81 bits per heavy atom. The molecule has 1 aliphatic heterocycles. The fourth-order valence-corrected chi connectivity index (χ4v) is 2.01. The lowest BCUT2D eigenvalue weighted by atomic mass is 9.95. The lowest BCUT2D eigenvalue weighted by Gasteiger charge is -2.27. The molecule has 0 saturated heterocycles. The fraction of sp³-hybridized carbons (Fsp3) is 0.364. The van der Waals surface area contributed by atoms with Crippen LogP contribution in [0.15, 0.2) is 18.2 Å². The van der Waals surface area contributed by atoms with E-state index in [1.807, 2.05) is 0 Å². The van der Waals surface area contributed by atoms with Gasteiger partial charge in [0.2, 0.25) is 0 Å². The van der Waals surface area contributed by atoms with Crippen molar-refractivity contribution in [3.63, 3.8) is 0 Å². The van der Waals surface area contributed by atoms with Crippen LogP contribution < -0.4 is 0 Å². The minimum atomic E-state index is -2.49. The zero-order valence-electron chi connectivity index (χ0n) is 8.49. The van der Waals surface area contributed by atoms with Crippen LogP contribution in [-0.2, 0) is 13.0 Å². The second-order valence-electron chi connectivity index (χ2n) is 3.74. The molecule has 86 valence electrons. The topological polar surface area (TPSA) is 40.5 Å². The number of benzene rings is 1. The Balaban J connectivity index is 2.34. The van der Waals surface area contributed by atoms with E-state index in [1.165, 1.54) is 11.0 Å².